The molecule has 2 aromatic rings. The first-order valence-electron chi connectivity index (χ1n) is 6.61. The van der Waals surface area contributed by atoms with Crippen molar-refractivity contribution in [3.8, 4) is 0 Å². The van der Waals surface area contributed by atoms with Crippen molar-refractivity contribution < 1.29 is 8.42 Å². The van der Waals surface area contributed by atoms with Crippen molar-refractivity contribution in [1.29, 1.82) is 0 Å². The summed E-state index contributed by atoms with van der Waals surface area (Å²) in [5.41, 5.74) is 1.62. The van der Waals surface area contributed by atoms with Crippen LogP contribution in [0.15, 0.2) is 51.8 Å². The molecular formula is C15H17BrN2O2S. The van der Waals surface area contributed by atoms with Crippen molar-refractivity contribution in [2.45, 2.75) is 25.3 Å². The van der Waals surface area contributed by atoms with E-state index in [2.05, 4.69) is 20.9 Å². The van der Waals surface area contributed by atoms with E-state index in [4.69, 9.17) is 0 Å². The molecule has 0 bridgehead atoms. The molecule has 0 saturated carbocycles. The SMILES string of the molecule is CCN(Cc1cccc(C)n1)S(=O)(=O)c1cccc(Br)c1. The Labute approximate surface area is 134 Å². The highest BCUT2D eigenvalue weighted by molar-refractivity contribution is 9.10. The standard InChI is InChI=1S/C15H17BrN2O2S/c1-3-18(11-14-8-4-6-12(2)17-14)21(19,20)15-9-5-7-13(16)10-15/h4-10H,3,11H2,1-2H3. The molecule has 0 fully saturated rings. The van der Waals surface area contributed by atoms with Crippen LogP contribution >= 0.6 is 15.9 Å². The molecule has 112 valence electrons. The third-order valence-corrected chi connectivity index (χ3v) is 5.48. The van der Waals surface area contributed by atoms with Gasteiger partial charge in [-0.25, -0.2) is 8.42 Å². The Morgan fingerprint density at radius 3 is 2.52 bits per heavy atom. The van der Waals surface area contributed by atoms with Crippen molar-refractivity contribution >= 4 is 26.0 Å². The predicted molar refractivity (Wildman–Crippen MR) is 86.4 cm³/mol. The molecule has 0 N–H and O–H groups in total. The lowest BCUT2D eigenvalue weighted by Gasteiger charge is -2.20. The van der Waals surface area contributed by atoms with Crippen LogP contribution < -0.4 is 0 Å². The van der Waals surface area contributed by atoms with Gasteiger partial charge in [0.2, 0.25) is 10.0 Å². The second-order valence-corrected chi connectivity index (χ2v) is 7.51. The van der Waals surface area contributed by atoms with E-state index in [1.54, 1.807) is 24.3 Å². The average molecular weight is 369 g/mol. The van der Waals surface area contributed by atoms with Crippen LogP contribution in [0.3, 0.4) is 0 Å². The molecule has 21 heavy (non-hydrogen) atoms. The summed E-state index contributed by atoms with van der Waals surface area (Å²) in [4.78, 5) is 4.65. The van der Waals surface area contributed by atoms with Gasteiger partial charge < -0.3 is 0 Å². The van der Waals surface area contributed by atoms with Crippen molar-refractivity contribution in [2.75, 3.05) is 6.54 Å². The van der Waals surface area contributed by atoms with Crippen LogP contribution in [0.4, 0.5) is 0 Å². The van der Waals surface area contributed by atoms with Crippen LogP contribution in [0, 0.1) is 6.92 Å². The van der Waals surface area contributed by atoms with Crippen LogP contribution in [-0.4, -0.2) is 24.3 Å². The lowest BCUT2D eigenvalue weighted by atomic mass is 10.3. The van der Waals surface area contributed by atoms with Crippen molar-refractivity contribution in [2.24, 2.45) is 0 Å². The first-order valence-corrected chi connectivity index (χ1v) is 8.85. The molecule has 2 rings (SSSR count). The van der Waals surface area contributed by atoms with Gasteiger partial charge in [-0.15, -0.1) is 0 Å². The summed E-state index contributed by atoms with van der Waals surface area (Å²) in [5, 5.41) is 0. The Hall–Kier alpha value is -1.24. The Bertz CT molecular complexity index is 732. The normalized spacial score (nSPS) is 11.8. The molecule has 1 aromatic carbocycles. The molecule has 0 aliphatic rings. The second kappa shape index (κ2) is 6.68. The number of nitrogens with zero attached hydrogens (tertiary/aromatic N) is 2. The molecule has 0 aliphatic heterocycles. The Morgan fingerprint density at radius 1 is 1.19 bits per heavy atom. The van der Waals surface area contributed by atoms with E-state index >= 15 is 0 Å². The molecule has 0 aliphatic carbocycles. The molecule has 4 nitrogen and oxygen atoms in total. The molecule has 0 unspecified atom stereocenters. The Morgan fingerprint density at radius 2 is 1.90 bits per heavy atom. The second-order valence-electron chi connectivity index (χ2n) is 4.66. The van der Waals surface area contributed by atoms with Gasteiger partial charge in [0.15, 0.2) is 0 Å². The summed E-state index contributed by atoms with van der Waals surface area (Å²) in [7, 11) is -3.52. The zero-order chi connectivity index (χ0) is 15.5. The number of sulfonamides is 1. The van der Waals surface area contributed by atoms with E-state index in [1.807, 2.05) is 32.0 Å². The number of aryl methyl sites for hydroxylation is 1. The first-order chi connectivity index (χ1) is 9.93. The van der Waals surface area contributed by atoms with Gasteiger partial charge in [-0.3, -0.25) is 4.98 Å². The minimum atomic E-state index is -3.52. The van der Waals surface area contributed by atoms with Gasteiger partial charge >= 0.3 is 0 Å². The maximum absolute atomic E-state index is 12.7. The van der Waals surface area contributed by atoms with Gasteiger partial charge in [0, 0.05) is 16.7 Å². The summed E-state index contributed by atoms with van der Waals surface area (Å²) in [6, 6.07) is 12.4. The quantitative estimate of drug-likeness (QED) is 0.812. The molecule has 6 heteroatoms. The molecule has 0 saturated heterocycles. The Balaban J connectivity index is 2.32. The highest BCUT2D eigenvalue weighted by atomic mass is 79.9. The topological polar surface area (TPSA) is 50.3 Å². The smallest absolute Gasteiger partial charge is 0.243 e. The molecule has 0 amide bonds. The molecule has 0 spiro atoms. The molecule has 1 aromatic heterocycles. The zero-order valence-corrected chi connectivity index (χ0v) is 14.4. The van der Waals surface area contributed by atoms with E-state index in [0.717, 1.165) is 15.9 Å². The van der Waals surface area contributed by atoms with E-state index in [9.17, 15) is 8.42 Å². The largest absolute Gasteiger partial charge is 0.257 e. The van der Waals surface area contributed by atoms with Crippen LogP contribution in [0.5, 0.6) is 0 Å². The number of rotatable bonds is 5. The highest BCUT2D eigenvalue weighted by Crippen LogP contribution is 2.21. The summed E-state index contributed by atoms with van der Waals surface area (Å²) in [6.07, 6.45) is 0. The van der Waals surface area contributed by atoms with Crippen LogP contribution in [0.25, 0.3) is 0 Å². The summed E-state index contributed by atoms with van der Waals surface area (Å²) < 4.78 is 27.5. The molecule has 0 atom stereocenters. The third-order valence-electron chi connectivity index (χ3n) is 3.07. The van der Waals surface area contributed by atoms with Crippen molar-refractivity contribution in [3.63, 3.8) is 0 Å². The van der Waals surface area contributed by atoms with E-state index < -0.39 is 10.0 Å². The maximum atomic E-state index is 12.7. The summed E-state index contributed by atoms with van der Waals surface area (Å²) in [6.45, 7) is 4.38. The fourth-order valence-electron chi connectivity index (χ4n) is 2.01. The van der Waals surface area contributed by atoms with Gasteiger partial charge in [0.1, 0.15) is 0 Å². The fraction of sp³-hybridized carbons (Fsp3) is 0.267. The minimum Gasteiger partial charge on any atom is -0.257 e. The molecular weight excluding hydrogens is 352 g/mol. The minimum absolute atomic E-state index is 0.271. The van der Waals surface area contributed by atoms with E-state index in [1.165, 1.54) is 4.31 Å². The average Bonchev–Trinajstić information content (AvgIpc) is 2.44. The molecule has 1 heterocycles. The number of aromatic nitrogens is 1. The third kappa shape index (κ3) is 3.90. The van der Waals surface area contributed by atoms with Crippen LogP contribution in [0.2, 0.25) is 0 Å². The van der Waals surface area contributed by atoms with Crippen LogP contribution in [0.1, 0.15) is 18.3 Å². The van der Waals surface area contributed by atoms with Gasteiger partial charge in [0.25, 0.3) is 0 Å². The zero-order valence-electron chi connectivity index (χ0n) is 12.0. The highest BCUT2D eigenvalue weighted by Gasteiger charge is 2.23. The van der Waals surface area contributed by atoms with Crippen LogP contribution in [-0.2, 0) is 16.6 Å². The van der Waals surface area contributed by atoms with Gasteiger partial charge in [0.05, 0.1) is 17.1 Å². The maximum Gasteiger partial charge on any atom is 0.243 e. The number of halogens is 1. The van der Waals surface area contributed by atoms with E-state index in [-0.39, 0.29) is 11.4 Å². The first kappa shape index (κ1) is 16.1. The number of hydrogen-bond donors (Lipinski definition) is 0. The monoisotopic (exact) mass is 368 g/mol. The number of benzene rings is 1. The number of pyridine rings is 1. The summed E-state index contributed by atoms with van der Waals surface area (Å²) >= 11 is 3.31. The van der Waals surface area contributed by atoms with Crippen molar-refractivity contribution in [1.82, 2.24) is 9.29 Å². The van der Waals surface area contributed by atoms with Crippen molar-refractivity contribution in [3.05, 3.63) is 58.3 Å². The molecule has 0 radical (unpaired) electrons. The van der Waals surface area contributed by atoms with Gasteiger partial charge in [-0.1, -0.05) is 35.0 Å². The predicted octanol–water partition coefficient (Wildman–Crippen LogP) is 3.36. The number of hydrogen-bond acceptors (Lipinski definition) is 3. The summed E-state index contributed by atoms with van der Waals surface area (Å²) in [5.74, 6) is 0. The van der Waals surface area contributed by atoms with Gasteiger partial charge in [-0.05, 0) is 37.3 Å². The van der Waals surface area contributed by atoms with Gasteiger partial charge in [-0.2, -0.15) is 4.31 Å². The lowest BCUT2D eigenvalue weighted by molar-refractivity contribution is 0.418. The fourth-order valence-corrected chi connectivity index (χ4v) is 4.03. The van der Waals surface area contributed by atoms with E-state index in [0.29, 0.717) is 6.54 Å². The Kier molecular flexibility index (Phi) is 5.13. The lowest BCUT2D eigenvalue weighted by Crippen LogP contribution is -2.30.